The van der Waals surface area contributed by atoms with Crippen LogP contribution in [0.3, 0.4) is 0 Å². The Balaban J connectivity index is 1.76. The highest BCUT2D eigenvalue weighted by molar-refractivity contribution is 5.85. The van der Waals surface area contributed by atoms with Crippen molar-refractivity contribution in [2.75, 3.05) is 17.7 Å². The zero-order valence-corrected chi connectivity index (χ0v) is 14.5. The summed E-state index contributed by atoms with van der Waals surface area (Å²) in [6, 6.07) is 7.80. The van der Waals surface area contributed by atoms with Gasteiger partial charge in [-0.05, 0) is 51.8 Å². The number of carbonyl (C=O) groups is 2. The first-order valence-corrected chi connectivity index (χ1v) is 7.96. The summed E-state index contributed by atoms with van der Waals surface area (Å²) < 4.78 is 9.81. The van der Waals surface area contributed by atoms with Crippen LogP contribution in [0.15, 0.2) is 24.3 Å². The van der Waals surface area contributed by atoms with Crippen molar-refractivity contribution < 1.29 is 19.1 Å². The molecule has 0 radical (unpaired) electrons. The number of methoxy groups -OCH3 is 1. The van der Waals surface area contributed by atoms with Crippen molar-refractivity contribution in [1.82, 2.24) is 5.32 Å². The van der Waals surface area contributed by atoms with Crippen LogP contribution in [0.4, 0.5) is 21.0 Å². The van der Waals surface area contributed by atoms with E-state index in [0.717, 1.165) is 18.5 Å². The van der Waals surface area contributed by atoms with E-state index in [2.05, 4.69) is 20.7 Å². The van der Waals surface area contributed by atoms with Crippen LogP contribution in [-0.2, 0) is 9.47 Å². The number of hydrogen-bond donors (Lipinski definition) is 3. The Hall–Kier alpha value is -2.44. The molecule has 0 unspecified atom stereocenters. The maximum atomic E-state index is 11.7. The Morgan fingerprint density at radius 3 is 2.38 bits per heavy atom. The molecule has 1 aromatic rings. The first-order valence-electron chi connectivity index (χ1n) is 7.96. The number of ether oxygens (including phenoxy) is 2. The molecule has 0 saturated heterocycles. The summed E-state index contributed by atoms with van der Waals surface area (Å²) >= 11 is 0. The van der Waals surface area contributed by atoms with Crippen molar-refractivity contribution in [3.63, 3.8) is 0 Å². The topological polar surface area (TPSA) is 88.7 Å². The third kappa shape index (κ3) is 5.64. The summed E-state index contributed by atoms with van der Waals surface area (Å²) in [6.45, 7) is 5.52. The molecule has 0 atom stereocenters. The molecule has 7 heteroatoms. The second-order valence-electron chi connectivity index (χ2n) is 6.85. The van der Waals surface area contributed by atoms with Gasteiger partial charge in [-0.2, -0.15) is 0 Å². The standard InChI is InChI=1S/C17H25N3O4/c1-17(2,3)24-16(22)20-14-9-13(10-14)18-11-6-5-7-12(8-11)19-15(21)23-4/h5-8,13-14,18H,9-10H2,1-4H3,(H,19,21)(H,20,22). The van der Waals surface area contributed by atoms with Crippen LogP contribution in [0, 0.1) is 0 Å². The van der Waals surface area contributed by atoms with E-state index in [4.69, 9.17) is 4.74 Å². The SMILES string of the molecule is COC(=O)Nc1cccc(NC2CC(NC(=O)OC(C)(C)C)C2)c1. The lowest BCUT2D eigenvalue weighted by Crippen LogP contribution is -2.50. The van der Waals surface area contributed by atoms with Gasteiger partial charge in [0.05, 0.1) is 7.11 Å². The number of benzene rings is 1. The molecule has 0 bridgehead atoms. The first-order chi connectivity index (χ1) is 11.2. The largest absolute Gasteiger partial charge is 0.453 e. The maximum absolute atomic E-state index is 11.7. The van der Waals surface area contributed by atoms with Gasteiger partial charge in [0.15, 0.2) is 0 Å². The fraction of sp³-hybridized carbons (Fsp3) is 0.529. The zero-order chi connectivity index (χ0) is 17.7. The lowest BCUT2D eigenvalue weighted by atomic mass is 9.86. The molecule has 1 fully saturated rings. The predicted molar refractivity (Wildman–Crippen MR) is 92.3 cm³/mol. The maximum Gasteiger partial charge on any atom is 0.411 e. The van der Waals surface area contributed by atoms with Crippen LogP contribution in [0.5, 0.6) is 0 Å². The van der Waals surface area contributed by atoms with E-state index in [1.165, 1.54) is 7.11 Å². The average molecular weight is 335 g/mol. The van der Waals surface area contributed by atoms with Crippen LogP contribution in [0.1, 0.15) is 33.6 Å². The number of rotatable bonds is 4. The van der Waals surface area contributed by atoms with Gasteiger partial charge < -0.3 is 20.1 Å². The molecule has 24 heavy (non-hydrogen) atoms. The summed E-state index contributed by atoms with van der Waals surface area (Å²) in [6.07, 6.45) is 0.773. The van der Waals surface area contributed by atoms with Crippen LogP contribution >= 0.6 is 0 Å². The van der Waals surface area contributed by atoms with Gasteiger partial charge >= 0.3 is 12.2 Å². The fourth-order valence-electron chi connectivity index (χ4n) is 2.42. The normalized spacial score (nSPS) is 19.7. The molecule has 0 aromatic heterocycles. The zero-order valence-electron chi connectivity index (χ0n) is 14.5. The van der Waals surface area contributed by atoms with E-state index < -0.39 is 11.7 Å². The van der Waals surface area contributed by atoms with Crippen LogP contribution in [-0.4, -0.2) is 37.0 Å². The van der Waals surface area contributed by atoms with E-state index in [1.54, 1.807) is 6.07 Å². The van der Waals surface area contributed by atoms with Crippen molar-refractivity contribution in [1.29, 1.82) is 0 Å². The van der Waals surface area contributed by atoms with Crippen molar-refractivity contribution in [2.45, 2.75) is 51.3 Å². The van der Waals surface area contributed by atoms with E-state index in [0.29, 0.717) is 5.69 Å². The van der Waals surface area contributed by atoms with Crippen LogP contribution in [0.2, 0.25) is 0 Å². The molecule has 1 aliphatic rings. The summed E-state index contributed by atoms with van der Waals surface area (Å²) in [4.78, 5) is 22.9. The predicted octanol–water partition coefficient (Wildman–Crippen LogP) is 3.33. The number of carbonyl (C=O) groups excluding carboxylic acids is 2. The second-order valence-corrected chi connectivity index (χ2v) is 6.85. The van der Waals surface area contributed by atoms with Crippen LogP contribution in [0.25, 0.3) is 0 Å². The summed E-state index contributed by atoms with van der Waals surface area (Å²) in [5.74, 6) is 0. The molecule has 1 aromatic carbocycles. The Kier molecular flexibility index (Phi) is 5.54. The number of hydrogen-bond acceptors (Lipinski definition) is 5. The third-order valence-electron chi connectivity index (χ3n) is 3.52. The quantitative estimate of drug-likeness (QED) is 0.785. The molecule has 3 N–H and O–H groups in total. The molecule has 2 rings (SSSR count). The molecular formula is C17H25N3O4. The van der Waals surface area contributed by atoms with Crippen molar-refractivity contribution in [3.8, 4) is 0 Å². The smallest absolute Gasteiger partial charge is 0.411 e. The van der Waals surface area contributed by atoms with Crippen molar-refractivity contribution >= 4 is 23.6 Å². The Morgan fingerprint density at radius 2 is 1.75 bits per heavy atom. The van der Waals surface area contributed by atoms with E-state index in [1.807, 2.05) is 39.0 Å². The minimum absolute atomic E-state index is 0.119. The van der Waals surface area contributed by atoms with Gasteiger partial charge in [0.2, 0.25) is 0 Å². The molecule has 7 nitrogen and oxygen atoms in total. The van der Waals surface area contributed by atoms with Crippen molar-refractivity contribution in [2.24, 2.45) is 0 Å². The van der Waals surface area contributed by atoms with E-state index >= 15 is 0 Å². The van der Waals surface area contributed by atoms with Gasteiger partial charge in [-0.1, -0.05) is 6.07 Å². The summed E-state index contributed by atoms with van der Waals surface area (Å²) in [7, 11) is 1.32. The highest BCUT2D eigenvalue weighted by atomic mass is 16.6. The van der Waals surface area contributed by atoms with Gasteiger partial charge in [0, 0.05) is 23.5 Å². The fourth-order valence-corrected chi connectivity index (χ4v) is 2.42. The summed E-state index contributed by atoms with van der Waals surface area (Å²) in [5, 5.41) is 8.86. The monoisotopic (exact) mass is 335 g/mol. The lowest BCUT2D eigenvalue weighted by molar-refractivity contribution is 0.0475. The molecule has 1 saturated carbocycles. The molecule has 0 aliphatic heterocycles. The minimum Gasteiger partial charge on any atom is -0.453 e. The minimum atomic E-state index is -0.502. The lowest BCUT2D eigenvalue weighted by Gasteiger charge is -2.37. The number of amides is 2. The highest BCUT2D eigenvalue weighted by Gasteiger charge is 2.31. The average Bonchev–Trinajstić information content (AvgIpc) is 2.43. The molecule has 2 amide bonds. The molecule has 0 heterocycles. The molecule has 1 aliphatic carbocycles. The Labute approximate surface area is 142 Å². The number of nitrogens with one attached hydrogen (secondary N) is 3. The van der Waals surface area contributed by atoms with Gasteiger partial charge in [0.1, 0.15) is 5.60 Å². The number of alkyl carbamates (subject to hydrolysis) is 1. The van der Waals surface area contributed by atoms with E-state index in [-0.39, 0.29) is 18.2 Å². The molecular weight excluding hydrogens is 310 g/mol. The first kappa shape index (κ1) is 17.9. The van der Waals surface area contributed by atoms with E-state index in [9.17, 15) is 9.59 Å². The van der Waals surface area contributed by atoms with Gasteiger partial charge in [0.25, 0.3) is 0 Å². The number of anilines is 2. The Morgan fingerprint density at radius 1 is 1.08 bits per heavy atom. The third-order valence-corrected chi connectivity index (χ3v) is 3.52. The molecule has 132 valence electrons. The van der Waals surface area contributed by atoms with Gasteiger partial charge in [-0.25, -0.2) is 9.59 Å². The summed E-state index contributed by atoms with van der Waals surface area (Å²) in [5.41, 5.74) is 1.08. The van der Waals surface area contributed by atoms with Gasteiger partial charge in [-0.15, -0.1) is 0 Å². The highest BCUT2D eigenvalue weighted by Crippen LogP contribution is 2.26. The Bertz CT molecular complexity index is 592. The van der Waals surface area contributed by atoms with Crippen LogP contribution < -0.4 is 16.0 Å². The van der Waals surface area contributed by atoms with Crippen molar-refractivity contribution in [3.05, 3.63) is 24.3 Å². The molecule has 0 spiro atoms. The van der Waals surface area contributed by atoms with Gasteiger partial charge in [-0.3, -0.25) is 5.32 Å². The second kappa shape index (κ2) is 7.42.